The molecule has 1 amide bonds. The summed E-state index contributed by atoms with van der Waals surface area (Å²) in [6.45, 7) is -0.310. The van der Waals surface area contributed by atoms with Gasteiger partial charge in [0.15, 0.2) is 0 Å². The van der Waals surface area contributed by atoms with Gasteiger partial charge in [-0.05, 0) is 24.1 Å². The number of benzene rings is 1. The summed E-state index contributed by atoms with van der Waals surface area (Å²) in [5, 5.41) is 20.4. The van der Waals surface area contributed by atoms with E-state index in [0.29, 0.717) is 5.56 Å². The molecule has 0 radical (unpaired) electrons. The number of halogens is 3. The van der Waals surface area contributed by atoms with E-state index < -0.39 is 18.2 Å². The van der Waals surface area contributed by atoms with Gasteiger partial charge in [0.2, 0.25) is 0 Å². The number of amides is 1. The molecule has 1 aromatic rings. The van der Waals surface area contributed by atoms with E-state index in [1.54, 1.807) is 5.32 Å². The number of aromatic hydroxyl groups is 1. The van der Waals surface area contributed by atoms with Gasteiger partial charge in [-0.3, -0.25) is 4.79 Å². The van der Waals surface area contributed by atoms with Crippen LogP contribution in [0.3, 0.4) is 0 Å². The highest BCUT2D eigenvalue weighted by Crippen LogP contribution is 2.20. The van der Waals surface area contributed by atoms with Gasteiger partial charge >= 0.3 is 12.1 Å². The number of phenols is 1. The summed E-state index contributed by atoms with van der Waals surface area (Å²) in [4.78, 5) is 10.5. The molecule has 0 saturated heterocycles. The van der Waals surface area contributed by atoms with Gasteiger partial charge in [0, 0.05) is 6.54 Å². The molecule has 7 heteroatoms. The maximum absolute atomic E-state index is 11.8. The van der Waals surface area contributed by atoms with E-state index in [9.17, 15) is 23.1 Å². The van der Waals surface area contributed by atoms with Gasteiger partial charge in [-0.2, -0.15) is 13.2 Å². The minimum absolute atomic E-state index is 0.0501. The highest BCUT2D eigenvalue weighted by molar-refractivity contribution is 5.81. The van der Waals surface area contributed by atoms with E-state index in [-0.39, 0.29) is 18.7 Å². The van der Waals surface area contributed by atoms with Crippen LogP contribution in [-0.2, 0) is 4.79 Å². The molecule has 0 heterocycles. The van der Waals surface area contributed by atoms with Crippen LogP contribution < -0.4 is 5.32 Å². The zero-order valence-electron chi connectivity index (χ0n) is 9.24. The first-order valence-electron chi connectivity index (χ1n) is 5.12. The lowest BCUT2D eigenvalue weighted by atomic mass is 10.1. The van der Waals surface area contributed by atoms with Gasteiger partial charge in [0.05, 0.1) is 6.10 Å². The minimum atomic E-state index is -4.92. The molecule has 18 heavy (non-hydrogen) atoms. The summed E-state index contributed by atoms with van der Waals surface area (Å²) in [5.41, 5.74) is 0.372. The van der Waals surface area contributed by atoms with Gasteiger partial charge in [-0.1, -0.05) is 12.1 Å². The van der Waals surface area contributed by atoms with Crippen LogP contribution in [0.1, 0.15) is 18.1 Å². The number of carbonyl (C=O) groups excluding carboxylic acids is 1. The lowest BCUT2D eigenvalue weighted by molar-refractivity contribution is -0.173. The fraction of sp³-hybridized carbons (Fsp3) is 0.364. The number of aliphatic hydroxyl groups excluding tert-OH is 1. The molecular formula is C11H12F3NO3. The number of alkyl halides is 3. The highest BCUT2D eigenvalue weighted by Gasteiger charge is 2.38. The monoisotopic (exact) mass is 263 g/mol. The third kappa shape index (κ3) is 4.25. The van der Waals surface area contributed by atoms with Crippen molar-refractivity contribution in [1.82, 2.24) is 5.32 Å². The van der Waals surface area contributed by atoms with Crippen molar-refractivity contribution in [2.75, 3.05) is 6.54 Å². The minimum Gasteiger partial charge on any atom is -0.508 e. The first kappa shape index (κ1) is 14.3. The number of hydrogen-bond donors (Lipinski definition) is 3. The molecule has 3 N–H and O–H groups in total. The van der Waals surface area contributed by atoms with Crippen LogP contribution in [-0.4, -0.2) is 28.8 Å². The Morgan fingerprint density at radius 3 is 2.61 bits per heavy atom. The van der Waals surface area contributed by atoms with Crippen LogP contribution in [0.25, 0.3) is 0 Å². The third-order valence-corrected chi connectivity index (χ3v) is 2.22. The molecule has 100 valence electrons. The zero-order chi connectivity index (χ0) is 13.8. The Morgan fingerprint density at radius 2 is 2.06 bits per heavy atom. The van der Waals surface area contributed by atoms with Gasteiger partial charge in [0.25, 0.3) is 0 Å². The van der Waals surface area contributed by atoms with Crippen molar-refractivity contribution in [3.05, 3.63) is 29.8 Å². The second-order valence-corrected chi connectivity index (χ2v) is 3.65. The molecule has 0 aromatic heterocycles. The molecule has 0 aliphatic rings. The van der Waals surface area contributed by atoms with E-state index >= 15 is 0 Å². The number of phenolic OH excluding ortho intramolecular Hbond substituents is 1. The summed E-state index contributed by atoms with van der Waals surface area (Å²) in [6, 6.07) is 5.73. The fourth-order valence-corrected chi connectivity index (χ4v) is 1.32. The second kappa shape index (κ2) is 5.72. The van der Waals surface area contributed by atoms with Crippen LogP contribution in [0, 0.1) is 0 Å². The lowest BCUT2D eigenvalue weighted by Crippen LogP contribution is -2.37. The molecule has 0 spiro atoms. The number of carbonyl (C=O) groups is 1. The average molecular weight is 263 g/mol. The molecule has 1 aromatic carbocycles. The predicted octanol–water partition coefficient (Wildman–Crippen LogP) is 1.49. The quantitative estimate of drug-likeness (QED) is 0.771. The molecule has 1 atom stereocenters. The maximum Gasteiger partial charge on any atom is 0.471 e. The van der Waals surface area contributed by atoms with Crippen LogP contribution in [0.4, 0.5) is 13.2 Å². The van der Waals surface area contributed by atoms with Crippen molar-refractivity contribution in [2.24, 2.45) is 0 Å². The Balaban J connectivity index is 2.43. The smallest absolute Gasteiger partial charge is 0.471 e. The molecule has 0 bridgehead atoms. The SMILES string of the molecule is O=C(NCCC(O)c1cccc(O)c1)C(F)(F)F. The molecule has 0 aliphatic carbocycles. The van der Waals surface area contributed by atoms with E-state index in [1.807, 2.05) is 0 Å². The van der Waals surface area contributed by atoms with Crippen molar-refractivity contribution in [3.8, 4) is 5.75 Å². The summed E-state index contributed by atoms with van der Waals surface area (Å²) in [6.07, 6.45) is -6.05. The van der Waals surface area contributed by atoms with Crippen molar-refractivity contribution in [2.45, 2.75) is 18.7 Å². The Morgan fingerprint density at radius 1 is 1.39 bits per heavy atom. The van der Waals surface area contributed by atoms with Gasteiger partial charge in [0.1, 0.15) is 5.75 Å². The zero-order valence-corrected chi connectivity index (χ0v) is 9.24. The van der Waals surface area contributed by atoms with Crippen LogP contribution in [0.15, 0.2) is 24.3 Å². The largest absolute Gasteiger partial charge is 0.508 e. The molecule has 1 rings (SSSR count). The Bertz CT molecular complexity index is 420. The van der Waals surface area contributed by atoms with E-state index in [4.69, 9.17) is 5.11 Å². The van der Waals surface area contributed by atoms with Gasteiger partial charge in [-0.25, -0.2) is 0 Å². The number of rotatable bonds is 4. The van der Waals surface area contributed by atoms with Gasteiger partial charge in [-0.15, -0.1) is 0 Å². The molecule has 4 nitrogen and oxygen atoms in total. The Hall–Kier alpha value is -1.76. The maximum atomic E-state index is 11.8. The van der Waals surface area contributed by atoms with Crippen molar-refractivity contribution < 1.29 is 28.2 Å². The Labute approximate surface area is 101 Å². The summed E-state index contributed by atoms with van der Waals surface area (Å²) in [5.74, 6) is -2.09. The first-order chi connectivity index (χ1) is 8.30. The van der Waals surface area contributed by atoms with E-state index in [2.05, 4.69) is 0 Å². The summed E-state index contributed by atoms with van der Waals surface area (Å²) < 4.78 is 35.5. The number of nitrogens with one attached hydrogen (secondary N) is 1. The predicted molar refractivity (Wildman–Crippen MR) is 56.7 cm³/mol. The normalized spacial score (nSPS) is 13.1. The Kier molecular flexibility index (Phi) is 4.55. The van der Waals surface area contributed by atoms with Crippen molar-refractivity contribution in [3.63, 3.8) is 0 Å². The summed E-state index contributed by atoms with van der Waals surface area (Å²) >= 11 is 0. The topological polar surface area (TPSA) is 69.6 Å². The molecule has 0 aliphatic heterocycles. The molecule has 0 fully saturated rings. The lowest BCUT2D eigenvalue weighted by Gasteiger charge is -2.12. The second-order valence-electron chi connectivity index (χ2n) is 3.65. The van der Waals surface area contributed by atoms with E-state index in [0.717, 1.165) is 0 Å². The van der Waals surface area contributed by atoms with Crippen LogP contribution >= 0.6 is 0 Å². The fourth-order valence-electron chi connectivity index (χ4n) is 1.32. The third-order valence-electron chi connectivity index (χ3n) is 2.22. The standard InChI is InChI=1S/C11H12F3NO3/c12-11(13,14)10(18)15-5-4-9(17)7-2-1-3-8(16)6-7/h1-3,6,9,16-17H,4-5H2,(H,15,18). The molecular weight excluding hydrogens is 251 g/mol. The molecule has 0 saturated carbocycles. The molecule has 1 unspecified atom stereocenters. The van der Waals surface area contributed by atoms with Gasteiger partial charge < -0.3 is 15.5 Å². The average Bonchev–Trinajstić information content (AvgIpc) is 2.27. The summed E-state index contributed by atoms with van der Waals surface area (Å²) in [7, 11) is 0. The van der Waals surface area contributed by atoms with Crippen molar-refractivity contribution in [1.29, 1.82) is 0 Å². The van der Waals surface area contributed by atoms with E-state index in [1.165, 1.54) is 24.3 Å². The van der Waals surface area contributed by atoms with Crippen molar-refractivity contribution >= 4 is 5.91 Å². The number of aliphatic hydroxyl groups is 1. The van der Waals surface area contributed by atoms with Crippen LogP contribution in [0.5, 0.6) is 5.75 Å². The van der Waals surface area contributed by atoms with Crippen LogP contribution in [0.2, 0.25) is 0 Å². The first-order valence-corrected chi connectivity index (χ1v) is 5.12. The highest BCUT2D eigenvalue weighted by atomic mass is 19.4. The number of hydrogen-bond acceptors (Lipinski definition) is 3.